The Balaban J connectivity index is 2.18. The molecule has 0 amide bonds. The van der Waals surface area contributed by atoms with Gasteiger partial charge in [-0.25, -0.2) is 0 Å². The molecule has 0 unspecified atom stereocenters. The van der Waals surface area contributed by atoms with Crippen LogP contribution in [0.2, 0.25) is 0 Å². The van der Waals surface area contributed by atoms with Crippen molar-refractivity contribution in [1.82, 2.24) is 4.90 Å². The topological polar surface area (TPSA) is 67.6 Å². The molecule has 1 aromatic carbocycles. The number of nitro benzene ring substituents is 1. The quantitative estimate of drug-likeness (QED) is 0.667. The minimum absolute atomic E-state index is 0.140. The average Bonchev–Trinajstić information content (AvgIpc) is 2.45. The zero-order valence-corrected chi connectivity index (χ0v) is 12.3. The second-order valence-electron chi connectivity index (χ2n) is 5.48. The van der Waals surface area contributed by atoms with Gasteiger partial charge < -0.3 is 15.0 Å². The van der Waals surface area contributed by atoms with Crippen LogP contribution >= 0.6 is 0 Å². The molecular formula is C14H20FN3O3. The Bertz CT molecular complexity index is 516. The van der Waals surface area contributed by atoms with Crippen LogP contribution in [0, 0.1) is 15.9 Å². The first-order valence-corrected chi connectivity index (χ1v) is 6.88. The number of nitrogens with one attached hydrogen (secondary N) is 1. The molecule has 21 heavy (non-hydrogen) atoms. The molecule has 0 saturated carbocycles. The van der Waals surface area contributed by atoms with Gasteiger partial charge in [-0.2, -0.15) is 4.39 Å². The van der Waals surface area contributed by atoms with Crippen molar-refractivity contribution in [3.63, 3.8) is 0 Å². The highest BCUT2D eigenvalue weighted by molar-refractivity contribution is 5.62. The van der Waals surface area contributed by atoms with Gasteiger partial charge in [0.25, 0.3) is 0 Å². The largest absolute Gasteiger partial charge is 0.381 e. The smallest absolute Gasteiger partial charge is 0.327 e. The number of nitrogens with zero attached hydrogens (tertiary/aromatic N) is 2. The maximum absolute atomic E-state index is 13.6. The SMILES string of the molecule is CN(C)C1(CNc2cccc(F)c2[N+](=O)[O-])CCOCC1. The molecule has 7 heteroatoms. The maximum atomic E-state index is 13.6. The molecule has 2 rings (SSSR count). The fourth-order valence-corrected chi connectivity index (χ4v) is 2.64. The van der Waals surface area contributed by atoms with E-state index in [0.29, 0.717) is 19.8 Å². The van der Waals surface area contributed by atoms with Crippen LogP contribution in [0.4, 0.5) is 15.8 Å². The number of halogens is 1. The van der Waals surface area contributed by atoms with Crippen LogP contribution in [0.1, 0.15) is 12.8 Å². The highest BCUT2D eigenvalue weighted by Crippen LogP contribution is 2.30. The highest BCUT2D eigenvalue weighted by Gasteiger charge is 2.35. The van der Waals surface area contributed by atoms with Crippen LogP contribution in [-0.4, -0.2) is 49.2 Å². The summed E-state index contributed by atoms with van der Waals surface area (Å²) in [6.45, 7) is 1.82. The fourth-order valence-electron chi connectivity index (χ4n) is 2.64. The zero-order chi connectivity index (χ0) is 15.5. The van der Waals surface area contributed by atoms with E-state index in [0.717, 1.165) is 18.9 Å². The minimum Gasteiger partial charge on any atom is -0.381 e. The van der Waals surface area contributed by atoms with Gasteiger partial charge in [0.1, 0.15) is 5.69 Å². The van der Waals surface area contributed by atoms with Gasteiger partial charge in [0.2, 0.25) is 5.82 Å². The van der Waals surface area contributed by atoms with Crippen molar-refractivity contribution in [3.05, 3.63) is 34.1 Å². The summed E-state index contributed by atoms with van der Waals surface area (Å²) in [6.07, 6.45) is 1.66. The van der Waals surface area contributed by atoms with Crippen molar-refractivity contribution in [3.8, 4) is 0 Å². The van der Waals surface area contributed by atoms with Gasteiger partial charge in [-0.15, -0.1) is 0 Å². The Morgan fingerprint density at radius 3 is 2.67 bits per heavy atom. The van der Waals surface area contributed by atoms with Crippen molar-refractivity contribution in [1.29, 1.82) is 0 Å². The number of anilines is 1. The molecule has 116 valence electrons. The number of para-hydroxylation sites is 1. The van der Waals surface area contributed by atoms with E-state index in [1.807, 2.05) is 14.1 Å². The molecule has 0 bridgehead atoms. The predicted molar refractivity (Wildman–Crippen MR) is 78.0 cm³/mol. The molecular weight excluding hydrogens is 277 g/mol. The molecule has 1 fully saturated rings. The van der Waals surface area contributed by atoms with E-state index in [-0.39, 0.29) is 11.2 Å². The monoisotopic (exact) mass is 297 g/mol. The fraction of sp³-hybridized carbons (Fsp3) is 0.571. The van der Waals surface area contributed by atoms with Crippen molar-refractivity contribution in [2.45, 2.75) is 18.4 Å². The molecule has 0 aliphatic carbocycles. The molecule has 1 aliphatic heterocycles. The van der Waals surface area contributed by atoms with Gasteiger partial charge in [0, 0.05) is 25.3 Å². The van der Waals surface area contributed by atoms with Crippen LogP contribution in [0.3, 0.4) is 0 Å². The third kappa shape index (κ3) is 3.30. The van der Waals surface area contributed by atoms with E-state index in [2.05, 4.69) is 10.2 Å². The number of ether oxygens (including phenoxy) is 1. The third-order valence-corrected chi connectivity index (χ3v) is 4.15. The standard InChI is InChI=1S/C14H20FN3O3/c1-17(2)14(6-8-21-9-7-14)10-16-12-5-3-4-11(15)13(12)18(19)20/h3-5,16H,6-10H2,1-2H3. The van der Waals surface area contributed by atoms with Crippen LogP contribution < -0.4 is 5.32 Å². The molecule has 1 aromatic rings. The predicted octanol–water partition coefficient (Wildman–Crippen LogP) is 2.26. The van der Waals surface area contributed by atoms with Crippen molar-refractivity contribution in [2.24, 2.45) is 0 Å². The average molecular weight is 297 g/mol. The Hall–Kier alpha value is -1.73. The molecule has 6 nitrogen and oxygen atoms in total. The number of nitro groups is 1. The molecule has 1 N–H and O–H groups in total. The van der Waals surface area contributed by atoms with E-state index in [4.69, 9.17) is 4.74 Å². The first kappa shape index (κ1) is 15.7. The van der Waals surface area contributed by atoms with Gasteiger partial charge in [-0.05, 0) is 39.1 Å². The van der Waals surface area contributed by atoms with Crippen LogP contribution in [-0.2, 0) is 4.74 Å². The Morgan fingerprint density at radius 1 is 1.43 bits per heavy atom. The second kappa shape index (κ2) is 6.36. The minimum atomic E-state index is -0.823. The molecule has 1 aliphatic rings. The lowest BCUT2D eigenvalue weighted by molar-refractivity contribution is -0.386. The van der Waals surface area contributed by atoms with Crippen molar-refractivity contribution >= 4 is 11.4 Å². The lowest BCUT2D eigenvalue weighted by Gasteiger charge is -2.43. The van der Waals surface area contributed by atoms with E-state index >= 15 is 0 Å². The molecule has 0 atom stereocenters. The first-order chi connectivity index (χ1) is 9.96. The van der Waals surface area contributed by atoms with Gasteiger partial charge in [-0.3, -0.25) is 10.1 Å². The highest BCUT2D eigenvalue weighted by atomic mass is 19.1. The van der Waals surface area contributed by atoms with Crippen LogP contribution in [0.15, 0.2) is 18.2 Å². The number of likely N-dealkylation sites (N-methyl/N-ethyl adjacent to an activating group) is 1. The Kier molecular flexibility index (Phi) is 4.74. The summed E-state index contributed by atoms with van der Waals surface area (Å²) in [5.74, 6) is -0.823. The summed E-state index contributed by atoms with van der Waals surface area (Å²) in [6, 6.07) is 4.10. The molecule has 0 radical (unpaired) electrons. The van der Waals surface area contributed by atoms with Gasteiger partial charge >= 0.3 is 5.69 Å². The van der Waals surface area contributed by atoms with Crippen molar-refractivity contribution < 1.29 is 14.1 Å². The van der Waals surface area contributed by atoms with E-state index in [1.54, 1.807) is 0 Å². The number of rotatable bonds is 5. The Morgan fingerprint density at radius 2 is 2.10 bits per heavy atom. The van der Waals surface area contributed by atoms with Crippen molar-refractivity contribution in [2.75, 3.05) is 39.2 Å². The van der Waals surface area contributed by atoms with Crippen LogP contribution in [0.25, 0.3) is 0 Å². The normalized spacial score (nSPS) is 17.7. The maximum Gasteiger partial charge on any atom is 0.327 e. The molecule has 1 saturated heterocycles. The summed E-state index contributed by atoms with van der Waals surface area (Å²) in [7, 11) is 3.96. The molecule has 0 spiro atoms. The number of hydrogen-bond donors (Lipinski definition) is 1. The Labute approximate surface area is 123 Å². The lowest BCUT2D eigenvalue weighted by Crippen LogP contribution is -2.53. The summed E-state index contributed by atoms with van der Waals surface area (Å²) >= 11 is 0. The summed E-state index contributed by atoms with van der Waals surface area (Å²) < 4.78 is 19.0. The summed E-state index contributed by atoms with van der Waals surface area (Å²) in [5, 5.41) is 14.1. The van der Waals surface area contributed by atoms with Gasteiger partial charge in [-0.1, -0.05) is 6.07 Å². The second-order valence-corrected chi connectivity index (χ2v) is 5.48. The molecule has 1 heterocycles. The van der Waals surface area contributed by atoms with E-state index in [9.17, 15) is 14.5 Å². The third-order valence-electron chi connectivity index (χ3n) is 4.15. The van der Waals surface area contributed by atoms with Crippen LogP contribution in [0.5, 0.6) is 0 Å². The summed E-state index contributed by atoms with van der Waals surface area (Å²) in [4.78, 5) is 12.4. The summed E-state index contributed by atoms with van der Waals surface area (Å²) in [5.41, 5.74) is -0.426. The number of benzene rings is 1. The lowest BCUT2D eigenvalue weighted by atomic mass is 9.88. The van der Waals surface area contributed by atoms with E-state index in [1.165, 1.54) is 12.1 Å². The van der Waals surface area contributed by atoms with Gasteiger partial charge in [0.15, 0.2) is 0 Å². The zero-order valence-electron chi connectivity index (χ0n) is 12.3. The van der Waals surface area contributed by atoms with Gasteiger partial charge in [0.05, 0.1) is 4.92 Å². The van der Waals surface area contributed by atoms with E-state index < -0.39 is 16.4 Å². The first-order valence-electron chi connectivity index (χ1n) is 6.88. The molecule has 0 aromatic heterocycles. The number of hydrogen-bond acceptors (Lipinski definition) is 5.